The van der Waals surface area contributed by atoms with Crippen LogP contribution in [0.5, 0.6) is 0 Å². The number of benzene rings is 1. The molecule has 0 atom stereocenters. The van der Waals surface area contributed by atoms with Crippen molar-refractivity contribution in [2.24, 2.45) is 5.16 Å². The molecule has 0 radical (unpaired) electrons. The van der Waals surface area contributed by atoms with Crippen LogP contribution in [0.25, 0.3) is 0 Å². The van der Waals surface area contributed by atoms with Crippen molar-refractivity contribution in [3.8, 4) is 0 Å². The Hall–Kier alpha value is -1.41. The van der Waals surface area contributed by atoms with Crippen LogP contribution in [0.15, 0.2) is 41.7 Å². The molecule has 6 heteroatoms. The van der Waals surface area contributed by atoms with Crippen molar-refractivity contribution >= 4 is 28.8 Å². The van der Waals surface area contributed by atoms with Gasteiger partial charge in [-0.2, -0.15) is 0 Å². The van der Waals surface area contributed by atoms with Crippen LogP contribution in [-0.4, -0.2) is 21.0 Å². The Labute approximate surface area is 118 Å². The number of nitrogens with zero attached hydrogens (tertiary/aromatic N) is 3. The van der Waals surface area contributed by atoms with Gasteiger partial charge in [0.15, 0.2) is 5.82 Å². The van der Waals surface area contributed by atoms with Crippen LogP contribution in [0, 0.1) is 3.70 Å². The van der Waals surface area contributed by atoms with Crippen LogP contribution >= 0.6 is 22.6 Å². The van der Waals surface area contributed by atoms with Crippen LogP contribution in [0.1, 0.15) is 11.4 Å². The van der Waals surface area contributed by atoms with E-state index in [-0.39, 0.29) is 0 Å². The van der Waals surface area contributed by atoms with Gasteiger partial charge in [0.1, 0.15) is 16.6 Å². The van der Waals surface area contributed by atoms with Gasteiger partial charge in [-0.15, -0.1) is 0 Å². The van der Waals surface area contributed by atoms with E-state index in [0.717, 1.165) is 9.26 Å². The lowest BCUT2D eigenvalue weighted by Crippen LogP contribution is -2.05. The number of hydrogen-bond acceptors (Lipinski definition) is 4. The molecular formula is C12H12IN3O2. The third kappa shape index (κ3) is 3.54. The Kier molecular flexibility index (Phi) is 4.71. The molecule has 18 heavy (non-hydrogen) atoms. The molecular weight excluding hydrogens is 345 g/mol. The Morgan fingerprint density at radius 2 is 2.17 bits per heavy atom. The van der Waals surface area contributed by atoms with Crippen molar-refractivity contribution < 1.29 is 9.94 Å². The summed E-state index contributed by atoms with van der Waals surface area (Å²) in [4.78, 5) is 4.19. The first kappa shape index (κ1) is 13.0. The number of oxime groups is 1. The molecule has 0 amide bonds. The number of ether oxygens (including phenoxy) is 1. The van der Waals surface area contributed by atoms with E-state index in [4.69, 9.17) is 9.94 Å². The minimum absolute atomic E-state index is 0.367. The van der Waals surface area contributed by atoms with Crippen LogP contribution in [0.2, 0.25) is 0 Å². The minimum atomic E-state index is 0.367. The van der Waals surface area contributed by atoms with Crippen LogP contribution in [0.3, 0.4) is 0 Å². The summed E-state index contributed by atoms with van der Waals surface area (Å²) in [7, 11) is 0. The van der Waals surface area contributed by atoms with E-state index in [0.29, 0.717) is 19.2 Å². The van der Waals surface area contributed by atoms with Gasteiger partial charge in [-0.05, 0) is 28.2 Å². The van der Waals surface area contributed by atoms with E-state index < -0.39 is 0 Å². The summed E-state index contributed by atoms with van der Waals surface area (Å²) >= 11 is 2.10. The quantitative estimate of drug-likeness (QED) is 0.387. The molecule has 0 unspecified atom stereocenters. The molecule has 0 saturated heterocycles. The highest BCUT2D eigenvalue weighted by Crippen LogP contribution is 2.06. The largest absolute Gasteiger partial charge is 0.411 e. The second-order valence-electron chi connectivity index (χ2n) is 3.60. The number of imidazole rings is 1. The molecule has 5 nitrogen and oxygen atoms in total. The highest BCUT2D eigenvalue weighted by molar-refractivity contribution is 14.1. The highest BCUT2D eigenvalue weighted by atomic mass is 127. The smallest absolute Gasteiger partial charge is 0.157 e. The normalized spacial score (nSPS) is 11.2. The maximum Gasteiger partial charge on any atom is 0.157 e. The average Bonchev–Trinajstić information content (AvgIpc) is 2.72. The minimum Gasteiger partial charge on any atom is -0.411 e. The fourth-order valence-electron chi connectivity index (χ4n) is 1.49. The molecule has 1 aromatic carbocycles. The predicted octanol–water partition coefficient (Wildman–Crippen LogP) is 2.47. The fraction of sp³-hybridized carbons (Fsp3) is 0.167. The van der Waals surface area contributed by atoms with Crippen LogP contribution in [0.4, 0.5) is 0 Å². The lowest BCUT2D eigenvalue weighted by molar-refractivity contribution is 0.0636. The number of rotatable bonds is 5. The maximum atomic E-state index is 8.53. The van der Waals surface area contributed by atoms with E-state index in [1.807, 2.05) is 36.5 Å². The van der Waals surface area contributed by atoms with E-state index >= 15 is 0 Å². The van der Waals surface area contributed by atoms with Crippen molar-refractivity contribution in [2.45, 2.75) is 13.3 Å². The molecule has 0 spiro atoms. The van der Waals surface area contributed by atoms with Gasteiger partial charge in [0.25, 0.3) is 0 Å². The third-order valence-corrected chi connectivity index (χ3v) is 2.81. The molecule has 94 valence electrons. The van der Waals surface area contributed by atoms with Gasteiger partial charge in [-0.3, -0.25) is 0 Å². The molecule has 0 aliphatic carbocycles. The van der Waals surface area contributed by atoms with Gasteiger partial charge >= 0.3 is 0 Å². The lowest BCUT2D eigenvalue weighted by atomic mass is 10.2. The summed E-state index contributed by atoms with van der Waals surface area (Å²) in [5.41, 5.74) is 1.12. The first-order valence-electron chi connectivity index (χ1n) is 5.31. The van der Waals surface area contributed by atoms with E-state index in [9.17, 15) is 0 Å². The molecule has 2 aromatic rings. The van der Waals surface area contributed by atoms with Gasteiger partial charge in [0, 0.05) is 6.20 Å². The molecule has 1 aromatic heterocycles. The molecule has 0 fully saturated rings. The van der Waals surface area contributed by atoms with E-state index in [1.54, 1.807) is 4.57 Å². The molecule has 0 aliphatic rings. The second kappa shape index (κ2) is 6.50. The van der Waals surface area contributed by atoms with Gasteiger partial charge in [0.2, 0.25) is 0 Å². The van der Waals surface area contributed by atoms with Crippen molar-refractivity contribution in [2.75, 3.05) is 0 Å². The Morgan fingerprint density at radius 1 is 1.39 bits per heavy atom. The number of hydrogen-bond donors (Lipinski definition) is 1. The van der Waals surface area contributed by atoms with Gasteiger partial charge in [0.05, 0.1) is 6.61 Å². The zero-order valence-corrected chi connectivity index (χ0v) is 11.7. The molecule has 0 bridgehead atoms. The zero-order chi connectivity index (χ0) is 12.8. The number of halogens is 1. The maximum absolute atomic E-state index is 8.53. The summed E-state index contributed by atoms with van der Waals surface area (Å²) in [6.07, 6.45) is 3.12. The fourth-order valence-corrected chi connectivity index (χ4v) is 2.07. The summed E-state index contributed by atoms with van der Waals surface area (Å²) in [5, 5.41) is 11.5. The third-order valence-electron chi connectivity index (χ3n) is 2.29. The van der Waals surface area contributed by atoms with Gasteiger partial charge in [-0.1, -0.05) is 35.5 Å². The van der Waals surface area contributed by atoms with Gasteiger partial charge < -0.3 is 14.5 Å². The molecule has 0 aliphatic heterocycles. The van der Waals surface area contributed by atoms with Gasteiger partial charge in [-0.25, -0.2) is 4.98 Å². The van der Waals surface area contributed by atoms with Crippen molar-refractivity contribution in [1.82, 2.24) is 9.55 Å². The topological polar surface area (TPSA) is 59.6 Å². The second-order valence-corrected chi connectivity index (χ2v) is 4.70. The number of aromatic nitrogens is 2. The van der Waals surface area contributed by atoms with Crippen molar-refractivity contribution in [1.29, 1.82) is 0 Å². The van der Waals surface area contributed by atoms with Crippen molar-refractivity contribution in [3.05, 3.63) is 51.6 Å². The Morgan fingerprint density at radius 3 is 2.89 bits per heavy atom. The zero-order valence-electron chi connectivity index (χ0n) is 9.53. The summed E-state index contributed by atoms with van der Waals surface area (Å²) < 4.78 is 8.19. The molecule has 2 rings (SSSR count). The SMILES string of the molecule is O/N=C/c1nc(I)cn1COCc1ccccc1. The monoisotopic (exact) mass is 357 g/mol. The van der Waals surface area contributed by atoms with E-state index in [2.05, 4.69) is 32.7 Å². The van der Waals surface area contributed by atoms with E-state index in [1.165, 1.54) is 6.21 Å². The summed E-state index contributed by atoms with van der Waals surface area (Å²) in [6.45, 7) is 0.900. The molecule has 1 heterocycles. The standard InChI is InChI=1S/C12H12IN3O2/c13-11-7-16(12(15-11)6-14-17)9-18-8-10-4-2-1-3-5-10/h1-7,17H,8-9H2/b14-6+. The van der Waals surface area contributed by atoms with Crippen LogP contribution < -0.4 is 0 Å². The summed E-state index contributed by atoms with van der Waals surface area (Å²) in [6, 6.07) is 9.93. The lowest BCUT2D eigenvalue weighted by Gasteiger charge is -2.06. The highest BCUT2D eigenvalue weighted by Gasteiger charge is 2.04. The first-order valence-corrected chi connectivity index (χ1v) is 6.39. The average molecular weight is 357 g/mol. The Balaban J connectivity index is 1.94. The van der Waals surface area contributed by atoms with Crippen LogP contribution in [-0.2, 0) is 18.1 Å². The Bertz CT molecular complexity index is 525. The predicted molar refractivity (Wildman–Crippen MR) is 75.6 cm³/mol. The first-order chi connectivity index (χ1) is 8.79. The summed E-state index contributed by atoms with van der Waals surface area (Å²) in [5.74, 6) is 0.565. The molecule has 1 N–H and O–H groups in total. The van der Waals surface area contributed by atoms with Crippen molar-refractivity contribution in [3.63, 3.8) is 0 Å². The molecule has 0 saturated carbocycles.